The molecule has 0 radical (unpaired) electrons. The standard InChI is InChI=1S/C16H24OS/c1-4-5-13-6-8-14(9-7-13)16(17)12-18-11-10-15(16,2)3/h6-9,17H,4-5,10-12H2,1-3H3. The Morgan fingerprint density at radius 2 is 1.89 bits per heavy atom. The van der Waals surface area contributed by atoms with E-state index in [1.807, 2.05) is 11.8 Å². The van der Waals surface area contributed by atoms with Crippen LogP contribution in [0.15, 0.2) is 24.3 Å². The van der Waals surface area contributed by atoms with Crippen molar-refractivity contribution in [2.45, 2.75) is 45.6 Å². The quantitative estimate of drug-likeness (QED) is 0.891. The second kappa shape index (κ2) is 5.26. The average Bonchev–Trinajstić information content (AvgIpc) is 2.34. The third kappa shape index (κ3) is 2.46. The molecule has 1 heterocycles. The molecule has 0 aromatic heterocycles. The molecule has 0 amide bonds. The van der Waals surface area contributed by atoms with Crippen LogP contribution in [0.4, 0.5) is 0 Å². The van der Waals surface area contributed by atoms with Crippen LogP contribution in [0.5, 0.6) is 0 Å². The van der Waals surface area contributed by atoms with Gasteiger partial charge in [-0.2, -0.15) is 11.8 Å². The zero-order chi connectivity index (χ0) is 13.2. The summed E-state index contributed by atoms with van der Waals surface area (Å²) in [6, 6.07) is 8.59. The smallest absolute Gasteiger partial charge is 0.104 e. The zero-order valence-corrected chi connectivity index (χ0v) is 12.5. The largest absolute Gasteiger partial charge is 0.384 e. The lowest BCUT2D eigenvalue weighted by molar-refractivity contribution is -0.0578. The maximum absolute atomic E-state index is 11.1. The van der Waals surface area contributed by atoms with Crippen molar-refractivity contribution in [3.8, 4) is 0 Å². The highest BCUT2D eigenvalue weighted by Crippen LogP contribution is 2.48. The molecule has 1 saturated heterocycles. The van der Waals surface area contributed by atoms with Gasteiger partial charge in [0.15, 0.2) is 0 Å². The molecule has 0 saturated carbocycles. The van der Waals surface area contributed by atoms with Crippen LogP contribution in [-0.2, 0) is 12.0 Å². The van der Waals surface area contributed by atoms with Crippen molar-refractivity contribution in [3.63, 3.8) is 0 Å². The molecule has 0 aliphatic carbocycles. The Bertz CT molecular complexity index is 396. The molecule has 1 N–H and O–H groups in total. The molecular formula is C16H24OS. The SMILES string of the molecule is CCCc1ccc(C2(O)CSCCC2(C)C)cc1. The topological polar surface area (TPSA) is 20.2 Å². The van der Waals surface area contributed by atoms with Crippen LogP contribution >= 0.6 is 11.8 Å². The Hall–Kier alpha value is -0.470. The van der Waals surface area contributed by atoms with E-state index in [9.17, 15) is 5.11 Å². The van der Waals surface area contributed by atoms with Gasteiger partial charge in [-0.1, -0.05) is 51.5 Å². The van der Waals surface area contributed by atoms with Crippen LogP contribution in [0, 0.1) is 5.41 Å². The minimum absolute atomic E-state index is 0.0372. The van der Waals surface area contributed by atoms with E-state index in [2.05, 4.69) is 45.0 Å². The Balaban J connectivity index is 2.28. The van der Waals surface area contributed by atoms with Gasteiger partial charge in [0.1, 0.15) is 5.60 Å². The third-order valence-electron chi connectivity index (χ3n) is 4.27. The highest BCUT2D eigenvalue weighted by atomic mass is 32.2. The van der Waals surface area contributed by atoms with E-state index in [4.69, 9.17) is 0 Å². The van der Waals surface area contributed by atoms with Crippen molar-refractivity contribution >= 4 is 11.8 Å². The summed E-state index contributed by atoms with van der Waals surface area (Å²) in [5, 5.41) is 11.1. The van der Waals surface area contributed by atoms with Gasteiger partial charge in [0.05, 0.1) is 0 Å². The molecule has 1 nitrogen and oxygen atoms in total. The van der Waals surface area contributed by atoms with Crippen molar-refractivity contribution in [3.05, 3.63) is 35.4 Å². The number of aryl methyl sites for hydroxylation is 1. The van der Waals surface area contributed by atoms with Gasteiger partial charge in [-0.05, 0) is 35.1 Å². The lowest BCUT2D eigenvalue weighted by Gasteiger charge is -2.46. The van der Waals surface area contributed by atoms with E-state index < -0.39 is 5.60 Å². The Labute approximate surface area is 115 Å². The maximum atomic E-state index is 11.1. The fraction of sp³-hybridized carbons (Fsp3) is 0.625. The average molecular weight is 264 g/mol. The molecule has 1 unspecified atom stereocenters. The molecule has 2 rings (SSSR count). The van der Waals surface area contributed by atoms with E-state index in [0.717, 1.165) is 29.9 Å². The molecule has 2 heteroatoms. The number of aliphatic hydroxyl groups is 1. The third-order valence-corrected chi connectivity index (χ3v) is 5.39. The minimum Gasteiger partial charge on any atom is -0.384 e. The summed E-state index contributed by atoms with van der Waals surface area (Å²) in [6.07, 6.45) is 3.37. The molecule has 1 aromatic rings. The molecule has 0 bridgehead atoms. The van der Waals surface area contributed by atoms with Crippen LogP contribution in [0.2, 0.25) is 0 Å². The van der Waals surface area contributed by atoms with E-state index in [0.29, 0.717) is 0 Å². The first kappa shape index (κ1) is 14.0. The van der Waals surface area contributed by atoms with Crippen molar-refractivity contribution in [1.82, 2.24) is 0 Å². The van der Waals surface area contributed by atoms with Gasteiger partial charge in [-0.25, -0.2) is 0 Å². The molecule has 18 heavy (non-hydrogen) atoms. The van der Waals surface area contributed by atoms with Crippen LogP contribution in [0.1, 0.15) is 44.7 Å². The molecule has 0 spiro atoms. The van der Waals surface area contributed by atoms with Crippen molar-refractivity contribution < 1.29 is 5.11 Å². The number of thioether (sulfide) groups is 1. The van der Waals surface area contributed by atoms with Crippen LogP contribution in [0.3, 0.4) is 0 Å². The Kier molecular flexibility index (Phi) is 4.08. The molecule has 1 aliphatic rings. The lowest BCUT2D eigenvalue weighted by Crippen LogP contribution is -2.47. The van der Waals surface area contributed by atoms with Gasteiger partial charge in [0, 0.05) is 5.75 Å². The van der Waals surface area contributed by atoms with Crippen molar-refractivity contribution in [1.29, 1.82) is 0 Å². The fourth-order valence-electron chi connectivity index (χ4n) is 2.66. The number of hydrogen-bond donors (Lipinski definition) is 1. The summed E-state index contributed by atoms with van der Waals surface area (Å²) in [6.45, 7) is 6.57. The first-order valence-electron chi connectivity index (χ1n) is 6.89. The highest BCUT2D eigenvalue weighted by Gasteiger charge is 2.46. The van der Waals surface area contributed by atoms with E-state index >= 15 is 0 Å². The van der Waals surface area contributed by atoms with Gasteiger partial charge in [-0.3, -0.25) is 0 Å². The summed E-state index contributed by atoms with van der Waals surface area (Å²) in [7, 11) is 0. The van der Waals surface area contributed by atoms with Crippen LogP contribution < -0.4 is 0 Å². The van der Waals surface area contributed by atoms with Crippen molar-refractivity contribution in [2.24, 2.45) is 5.41 Å². The summed E-state index contributed by atoms with van der Waals surface area (Å²) < 4.78 is 0. The fourth-order valence-corrected chi connectivity index (χ4v) is 4.31. The molecular weight excluding hydrogens is 240 g/mol. The minimum atomic E-state index is -0.680. The lowest BCUT2D eigenvalue weighted by atomic mass is 9.70. The van der Waals surface area contributed by atoms with E-state index in [1.54, 1.807) is 0 Å². The predicted octanol–water partition coefficient (Wildman–Crippen LogP) is 3.99. The first-order chi connectivity index (χ1) is 8.49. The first-order valence-corrected chi connectivity index (χ1v) is 8.04. The van der Waals surface area contributed by atoms with E-state index in [1.165, 1.54) is 12.0 Å². The maximum Gasteiger partial charge on any atom is 0.104 e. The summed E-state index contributed by atoms with van der Waals surface area (Å²) in [5.41, 5.74) is 1.73. The normalized spacial score (nSPS) is 27.1. The second-order valence-corrected chi connectivity index (χ2v) is 7.10. The molecule has 1 aliphatic heterocycles. The number of hydrogen-bond acceptors (Lipinski definition) is 2. The second-order valence-electron chi connectivity index (χ2n) is 5.99. The molecule has 1 atom stereocenters. The molecule has 1 fully saturated rings. The van der Waals surface area contributed by atoms with Crippen LogP contribution in [-0.4, -0.2) is 16.6 Å². The predicted molar refractivity (Wildman–Crippen MR) is 80.1 cm³/mol. The molecule has 100 valence electrons. The van der Waals surface area contributed by atoms with E-state index in [-0.39, 0.29) is 5.41 Å². The Morgan fingerprint density at radius 3 is 2.44 bits per heavy atom. The monoisotopic (exact) mass is 264 g/mol. The van der Waals surface area contributed by atoms with Gasteiger partial charge in [0.2, 0.25) is 0 Å². The summed E-state index contributed by atoms with van der Waals surface area (Å²) in [5.74, 6) is 1.97. The summed E-state index contributed by atoms with van der Waals surface area (Å²) in [4.78, 5) is 0. The van der Waals surface area contributed by atoms with Gasteiger partial charge in [-0.15, -0.1) is 0 Å². The van der Waals surface area contributed by atoms with Gasteiger partial charge < -0.3 is 5.11 Å². The highest BCUT2D eigenvalue weighted by molar-refractivity contribution is 7.99. The molecule has 1 aromatic carbocycles. The van der Waals surface area contributed by atoms with Gasteiger partial charge in [0.25, 0.3) is 0 Å². The Morgan fingerprint density at radius 1 is 1.22 bits per heavy atom. The zero-order valence-electron chi connectivity index (χ0n) is 11.7. The number of rotatable bonds is 3. The van der Waals surface area contributed by atoms with Crippen molar-refractivity contribution in [2.75, 3.05) is 11.5 Å². The summed E-state index contributed by atoms with van der Waals surface area (Å²) >= 11 is 1.86. The van der Waals surface area contributed by atoms with Crippen LogP contribution in [0.25, 0.3) is 0 Å². The van der Waals surface area contributed by atoms with Gasteiger partial charge >= 0.3 is 0 Å². The number of benzene rings is 1.